The lowest BCUT2D eigenvalue weighted by molar-refractivity contribution is -0.135. The monoisotopic (exact) mass is 222 g/mol. The van der Waals surface area contributed by atoms with Crippen LogP contribution in [0.1, 0.15) is 31.9 Å². The molecule has 0 bridgehead atoms. The summed E-state index contributed by atoms with van der Waals surface area (Å²) in [7, 11) is 0. The van der Waals surface area contributed by atoms with Crippen molar-refractivity contribution in [2.75, 3.05) is 12.3 Å². The van der Waals surface area contributed by atoms with Gasteiger partial charge in [0.1, 0.15) is 5.54 Å². The molecule has 16 heavy (non-hydrogen) atoms. The number of carbonyl (C=O) groups excluding carboxylic acids is 1. The van der Waals surface area contributed by atoms with Crippen LogP contribution in [0.4, 0.5) is 5.69 Å². The largest absolute Gasteiger partial charge is 0.396 e. The number of nitrogens with one attached hydrogen (secondary N) is 1. The summed E-state index contributed by atoms with van der Waals surface area (Å²) in [4.78, 5) is 12.1. The first-order valence-electron chi connectivity index (χ1n) is 5.70. The predicted octanol–water partition coefficient (Wildman–Crippen LogP) is 0.789. The van der Waals surface area contributed by atoms with Crippen LogP contribution in [-0.2, 0) is 10.3 Å². The zero-order valence-electron chi connectivity index (χ0n) is 9.79. The summed E-state index contributed by atoms with van der Waals surface area (Å²) in [6.07, 6.45) is 4.38. The number of carbonyl (C=O) groups is 1. The fourth-order valence-electron chi connectivity index (χ4n) is 2.23. The van der Waals surface area contributed by atoms with Crippen molar-refractivity contribution in [1.82, 2.24) is 15.1 Å². The molecule has 1 aliphatic rings. The Labute approximate surface area is 95.0 Å². The summed E-state index contributed by atoms with van der Waals surface area (Å²) in [6.45, 7) is 4.48. The standard InChI is InChI=1S/C11H18N4O/c1-3-13-10(16)11(5-4-6-11)15-8(2)9(12)7-14-15/h7H,3-6,12H2,1-2H3,(H,13,16). The van der Waals surface area contributed by atoms with Gasteiger partial charge in [0.25, 0.3) is 0 Å². The van der Waals surface area contributed by atoms with Gasteiger partial charge in [0.15, 0.2) is 0 Å². The number of anilines is 1. The lowest BCUT2D eigenvalue weighted by Gasteiger charge is -2.41. The van der Waals surface area contributed by atoms with Gasteiger partial charge in [0.2, 0.25) is 5.91 Å². The molecule has 5 heteroatoms. The van der Waals surface area contributed by atoms with Gasteiger partial charge in [-0.05, 0) is 33.1 Å². The van der Waals surface area contributed by atoms with Crippen LogP contribution >= 0.6 is 0 Å². The number of nitrogens with zero attached hydrogens (tertiary/aromatic N) is 2. The number of hydrogen-bond donors (Lipinski definition) is 2. The van der Waals surface area contributed by atoms with E-state index in [0.29, 0.717) is 12.2 Å². The van der Waals surface area contributed by atoms with Gasteiger partial charge in [-0.25, -0.2) is 0 Å². The van der Waals surface area contributed by atoms with Crippen molar-refractivity contribution in [3.05, 3.63) is 11.9 Å². The van der Waals surface area contributed by atoms with Crippen molar-refractivity contribution < 1.29 is 4.79 Å². The third kappa shape index (κ3) is 1.38. The molecule has 0 saturated heterocycles. The number of aromatic nitrogens is 2. The van der Waals surface area contributed by atoms with E-state index in [1.165, 1.54) is 0 Å². The summed E-state index contributed by atoms with van der Waals surface area (Å²) in [5.41, 5.74) is 6.82. The van der Waals surface area contributed by atoms with Crippen molar-refractivity contribution >= 4 is 11.6 Å². The predicted molar refractivity (Wildman–Crippen MR) is 61.9 cm³/mol. The lowest BCUT2D eigenvalue weighted by Crippen LogP contribution is -2.54. The molecule has 3 N–H and O–H groups in total. The number of rotatable bonds is 3. The summed E-state index contributed by atoms with van der Waals surface area (Å²) >= 11 is 0. The SMILES string of the molecule is CCNC(=O)C1(n2ncc(N)c2C)CCC1. The average molecular weight is 222 g/mol. The number of hydrogen-bond acceptors (Lipinski definition) is 3. The number of amides is 1. The molecule has 0 unspecified atom stereocenters. The average Bonchev–Trinajstić information content (AvgIpc) is 2.49. The molecule has 1 aromatic heterocycles. The van der Waals surface area contributed by atoms with Crippen LogP contribution in [-0.4, -0.2) is 22.2 Å². The second-order valence-electron chi connectivity index (χ2n) is 4.34. The van der Waals surface area contributed by atoms with E-state index in [1.54, 1.807) is 10.9 Å². The van der Waals surface area contributed by atoms with Gasteiger partial charge in [-0.1, -0.05) is 0 Å². The maximum Gasteiger partial charge on any atom is 0.247 e. The van der Waals surface area contributed by atoms with Gasteiger partial charge in [0.05, 0.1) is 17.6 Å². The summed E-state index contributed by atoms with van der Waals surface area (Å²) in [5.74, 6) is 0.0625. The van der Waals surface area contributed by atoms with Gasteiger partial charge in [-0.2, -0.15) is 5.10 Å². The molecule has 1 heterocycles. The maximum absolute atomic E-state index is 12.1. The van der Waals surface area contributed by atoms with Gasteiger partial charge in [0, 0.05) is 6.54 Å². The molecule has 88 valence electrons. The van der Waals surface area contributed by atoms with Crippen molar-refractivity contribution in [3.8, 4) is 0 Å². The molecule has 0 radical (unpaired) electrons. The van der Waals surface area contributed by atoms with E-state index < -0.39 is 5.54 Å². The molecule has 1 aromatic rings. The van der Waals surface area contributed by atoms with E-state index in [2.05, 4.69) is 10.4 Å². The molecule has 1 aliphatic carbocycles. The Hall–Kier alpha value is -1.52. The first-order valence-corrected chi connectivity index (χ1v) is 5.70. The van der Waals surface area contributed by atoms with E-state index in [-0.39, 0.29) is 5.91 Å². The zero-order valence-corrected chi connectivity index (χ0v) is 9.79. The van der Waals surface area contributed by atoms with E-state index in [9.17, 15) is 4.79 Å². The second-order valence-corrected chi connectivity index (χ2v) is 4.34. The van der Waals surface area contributed by atoms with Crippen molar-refractivity contribution in [2.24, 2.45) is 0 Å². The first kappa shape index (κ1) is 11.0. The summed E-state index contributed by atoms with van der Waals surface area (Å²) < 4.78 is 1.79. The Morgan fingerprint density at radius 3 is 2.75 bits per heavy atom. The summed E-state index contributed by atoms with van der Waals surface area (Å²) in [5, 5.41) is 7.13. The number of likely N-dealkylation sites (N-methyl/N-ethyl adjacent to an activating group) is 1. The van der Waals surface area contributed by atoms with E-state index in [0.717, 1.165) is 25.0 Å². The topological polar surface area (TPSA) is 72.9 Å². The van der Waals surface area contributed by atoms with E-state index in [1.807, 2.05) is 13.8 Å². The molecule has 1 fully saturated rings. The molecular weight excluding hydrogens is 204 g/mol. The molecule has 1 amide bonds. The zero-order chi connectivity index (χ0) is 11.8. The van der Waals surface area contributed by atoms with Crippen molar-refractivity contribution in [1.29, 1.82) is 0 Å². The lowest BCUT2D eigenvalue weighted by atomic mass is 9.76. The van der Waals surface area contributed by atoms with Gasteiger partial charge in [-0.15, -0.1) is 0 Å². The van der Waals surface area contributed by atoms with Crippen LogP contribution in [0.25, 0.3) is 0 Å². The fraction of sp³-hybridized carbons (Fsp3) is 0.636. The molecule has 2 rings (SSSR count). The minimum absolute atomic E-state index is 0.0625. The molecule has 0 aromatic carbocycles. The third-order valence-corrected chi connectivity index (χ3v) is 3.39. The van der Waals surface area contributed by atoms with Crippen molar-refractivity contribution in [3.63, 3.8) is 0 Å². The van der Waals surface area contributed by atoms with Gasteiger partial charge >= 0.3 is 0 Å². The molecule has 0 spiro atoms. The Balaban J connectivity index is 2.35. The molecular formula is C11H18N4O. The smallest absolute Gasteiger partial charge is 0.247 e. The number of nitrogen functional groups attached to an aromatic ring is 1. The molecule has 1 saturated carbocycles. The van der Waals surface area contributed by atoms with Crippen LogP contribution in [0.5, 0.6) is 0 Å². The van der Waals surface area contributed by atoms with Gasteiger partial charge < -0.3 is 11.1 Å². The van der Waals surface area contributed by atoms with Crippen LogP contribution in [0.15, 0.2) is 6.20 Å². The van der Waals surface area contributed by atoms with Crippen molar-refractivity contribution in [2.45, 2.75) is 38.6 Å². The van der Waals surface area contributed by atoms with Crippen LogP contribution in [0, 0.1) is 6.92 Å². The fourth-order valence-corrected chi connectivity index (χ4v) is 2.23. The highest BCUT2D eigenvalue weighted by molar-refractivity contribution is 5.85. The van der Waals surface area contributed by atoms with Gasteiger partial charge in [-0.3, -0.25) is 9.48 Å². The third-order valence-electron chi connectivity index (χ3n) is 3.39. The second kappa shape index (κ2) is 3.81. The molecule has 0 atom stereocenters. The quantitative estimate of drug-likeness (QED) is 0.794. The Kier molecular flexibility index (Phi) is 2.61. The maximum atomic E-state index is 12.1. The first-order chi connectivity index (χ1) is 7.62. The van der Waals surface area contributed by atoms with E-state index >= 15 is 0 Å². The molecule has 0 aliphatic heterocycles. The van der Waals surface area contributed by atoms with E-state index in [4.69, 9.17) is 5.73 Å². The van der Waals surface area contributed by atoms with Crippen LogP contribution in [0.3, 0.4) is 0 Å². The highest BCUT2D eigenvalue weighted by atomic mass is 16.2. The Bertz CT molecular complexity index is 406. The minimum Gasteiger partial charge on any atom is -0.396 e. The van der Waals surface area contributed by atoms with Crippen LogP contribution in [0.2, 0.25) is 0 Å². The highest BCUT2D eigenvalue weighted by Crippen LogP contribution is 2.40. The van der Waals surface area contributed by atoms with Crippen LogP contribution < -0.4 is 11.1 Å². The highest BCUT2D eigenvalue weighted by Gasteiger charge is 2.47. The Morgan fingerprint density at radius 2 is 2.38 bits per heavy atom. The summed E-state index contributed by atoms with van der Waals surface area (Å²) in [6, 6.07) is 0. The minimum atomic E-state index is -0.488. The normalized spacial score (nSPS) is 17.9. The number of nitrogens with two attached hydrogens (primary N) is 1. The molecule has 5 nitrogen and oxygen atoms in total. The Morgan fingerprint density at radius 1 is 1.69 bits per heavy atom.